The third-order valence-electron chi connectivity index (χ3n) is 4.11. The van der Waals surface area contributed by atoms with Gasteiger partial charge in [-0.3, -0.25) is 9.59 Å². The van der Waals surface area contributed by atoms with Crippen LogP contribution in [0.1, 0.15) is 40.7 Å². The normalized spacial score (nSPS) is 11.4. The largest absolute Gasteiger partial charge is 0.489 e. The fraction of sp³-hybridized carbons (Fsp3) is 0.273. The Balaban J connectivity index is 2.70. The van der Waals surface area contributed by atoms with Crippen LogP contribution in [0.3, 0.4) is 0 Å². The van der Waals surface area contributed by atoms with Gasteiger partial charge < -0.3 is 14.2 Å². The van der Waals surface area contributed by atoms with Gasteiger partial charge in [-0.25, -0.2) is 0 Å². The number of esters is 1. The van der Waals surface area contributed by atoms with Crippen molar-refractivity contribution in [3.05, 3.63) is 71.0 Å². The van der Waals surface area contributed by atoms with E-state index in [1.54, 1.807) is 35.7 Å². The third kappa shape index (κ3) is 4.89. The number of ketones is 1. The van der Waals surface area contributed by atoms with Gasteiger partial charge in [-0.1, -0.05) is 32.2 Å². The Labute approximate surface area is 169 Å². The number of rotatable bonds is 11. The first kappa shape index (κ1) is 21.4. The molecular formula is C22H24O5S. The van der Waals surface area contributed by atoms with Crippen molar-refractivity contribution in [1.82, 2.24) is 0 Å². The molecular weight excluding hydrogens is 376 g/mol. The minimum absolute atomic E-state index is 0.212. The van der Waals surface area contributed by atoms with Gasteiger partial charge in [0.05, 0.1) is 18.6 Å². The summed E-state index contributed by atoms with van der Waals surface area (Å²) in [6, 6.07) is 5.10. The fourth-order valence-electron chi connectivity index (χ4n) is 2.82. The van der Waals surface area contributed by atoms with E-state index in [2.05, 4.69) is 13.2 Å². The highest BCUT2D eigenvalue weighted by atomic mass is 32.1. The topological polar surface area (TPSA) is 61.8 Å². The zero-order valence-corrected chi connectivity index (χ0v) is 16.9. The predicted molar refractivity (Wildman–Crippen MR) is 111 cm³/mol. The van der Waals surface area contributed by atoms with Crippen molar-refractivity contribution in [1.29, 1.82) is 0 Å². The lowest BCUT2D eigenvalue weighted by Gasteiger charge is -2.21. The maximum atomic E-state index is 13.3. The third-order valence-corrected chi connectivity index (χ3v) is 4.79. The first-order valence-electron chi connectivity index (χ1n) is 8.87. The molecule has 0 radical (unpaired) electrons. The number of hydrogen-bond donors (Lipinski definition) is 0. The Bertz CT molecular complexity index is 839. The summed E-state index contributed by atoms with van der Waals surface area (Å²) in [6.45, 7) is 9.67. The van der Waals surface area contributed by atoms with Gasteiger partial charge in [-0.05, 0) is 29.5 Å². The first-order chi connectivity index (χ1) is 13.6. The molecule has 5 nitrogen and oxygen atoms in total. The van der Waals surface area contributed by atoms with E-state index in [-0.39, 0.29) is 19.0 Å². The van der Waals surface area contributed by atoms with Crippen molar-refractivity contribution in [2.45, 2.75) is 19.3 Å². The van der Waals surface area contributed by atoms with E-state index in [9.17, 15) is 9.59 Å². The average molecular weight is 400 g/mol. The highest BCUT2D eigenvalue weighted by Crippen LogP contribution is 2.37. The second-order valence-corrected chi connectivity index (χ2v) is 6.69. The van der Waals surface area contributed by atoms with Gasteiger partial charge in [-0.2, -0.15) is 11.3 Å². The van der Waals surface area contributed by atoms with E-state index >= 15 is 0 Å². The Kier molecular flexibility index (Phi) is 8.02. The molecule has 1 atom stereocenters. The van der Waals surface area contributed by atoms with Crippen molar-refractivity contribution < 1.29 is 23.8 Å². The van der Waals surface area contributed by atoms with Gasteiger partial charge in [0.2, 0.25) is 0 Å². The van der Waals surface area contributed by atoms with E-state index in [0.29, 0.717) is 34.6 Å². The number of thiophene rings is 1. The lowest BCUT2D eigenvalue weighted by molar-refractivity contribution is -0.142. The Morgan fingerprint density at radius 1 is 1.18 bits per heavy atom. The van der Waals surface area contributed by atoms with Crippen LogP contribution in [-0.4, -0.2) is 32.1 Å². The maximum absolute atomic E-state index is 13.3. The fourth-order valence-corrected chi connectivity index (χ4v) is 3.46. The number of methoxy groups -OCH3 is 1. The molecule has 0 saturated carbocycles. The van der Waals surface area contributed by atoms with E-state index in [0.717, 1.165) is 0 Å². The lowest BCUT2D eigenvalue weighted by atomic mass is 9.88. The molecule has 0 saturated heterocycles. The van der Waals surface area contributed by atoms with Gasteiger partial charge in [0.15, 0.2) is 5.78 Å². The summed E-state index contributed by atoms with van der Waals surface area (Å²) in [5.41, 5.74) is 1.39. The molecule has 6 heteroatoms. The average Bonchev–Trinajstić information content (AvgIpc) is 3.25. The SMILES string of the molecule is C=CCOc1cc(OCC=C)c(C(=O)c2ccsc2)c(C(CC)C(=O)OC)c1. The molecule has 28 heavy (non-hydrogen) atoms. The lowest BCUT2D eigenvalue weighted by Crippen LogP contribution is -2.19. The molecule has 0 bridgehead atoms. The standard InChI is InChI=1S/C22H24O5S/c1-5-9-26-16-12-18(17(7-3)22(24)25-4)20(19(13-16)27-10-6-2)21(23)15-8-11-28-14-15/h5-6,8,11-14,17H,1-2,7,9-10H2,3-4H3. The van der Waals surface area contributed by atoms with Crippen LogP contribution < -0.4 is 9.47 Å². The molecule has 1 unspecified atom stereocenters. The minimum Gasteiger partial charge on any atom is -0.489 e. The molecule has 0 fully saturated rings. The number of hydrogen-bond acceptors (Lipinski definition) is 6. The molecule has 0 spiro atoms. The van der Waals surface area contributed by atoms with Gasteiger partial charge in [0, 0.05) is 17.0 Å². The van der Waals surface area contributed by atoms with Gasteiger partial charge in [0.1, 0.15) is 24.7 Å². The summed E-state index contributed by atoms with van der Waals surface area (Å²) < 4.78 is 16.4. The van der Waals surface area contributed by atoms with Crippen molar-refractivity contribution in [3.8, 4) is 11.5 Å². The molecule has 1 aromatic carbocycles. The highest BCUT2D eigenvalue weighted by Gasteiger charge is 2.29. The summed E-state index contributed by atoms with van der Waals surface area (Å²) in [5.74, 6) is -0.431. The number of carbonyl (C=O) groups is 2. The van der Waals surface area contributed by atoms with Crippen LogP contribution in [-0.2, 0) is 9.53 Å². The minimum atomic E-state index is -0.624. The molecule has 0 aliphatic heterocycles. The van der Waals surface area contributed by atoms with E-state index in [4.69, 9.17) is 14.2 Å². The molecule has 2 rings (SSSR count). The summed E-state index contributed by atoms with van der Waals surface area (Å²) in [5, 5.41) is 3.60. The molecule has 0 aliphatic rings. The van der Waals surface area contributed by atoms with Crippen LogP contribution >= 0.6 is 11.3 Å². The quantitative estimate of drug-likeness (QED) is 0.309. The van der Waals surface area contributed by atoms with E-state index in [1.807, 2.05) is 12.3 Å². The molecule has 1 aromatic heterocycles. The monoisotopic (exact) mass is 400 g/mol. The van der Waals surface area contributed by atoms with Crippen LogP contribution in [0.15, 0.2) is 54.3 Å². The molecule has 148 valence electrons. The number of ether oxygens (including phenoxy) is 3. The Hall–Kier alpha value is -2.86. The first-order valence-corrected chi connectivity index (χ1v) is 9.81. The zero-order chi connectivity index (χ0) is 20.5. The smallest absolute Gasteiger partial charge is 0.313 e. The van der Waals surface area contributed by atoms with Gasteiger partial charge in [0.25, 0.3) is 0 Å². The van der Waals surface area contributed by atoms with Crippen LogP contribution in [0.2, 0.25) is 0 Å². The molecule has 2 aromatic rings. The van der Waals surface area contributed by atoms with Crippen LogP contribution in [0.25, 0.3) is 0 Å². The summed E-state index contributed by atoms with van der Waals surface area (Å²) in [4.78, 5) is 25.7. The molecule has 1 heterocycles. The predicted octanol–water partition coefficient (Wildman–Crippen LogP) is 4.78. The number of benzene rings is 1. The second kappa shape index (κ2) is 10.5. The van der Waals surface area contributed by atoms with Gasteiger partial charge >= 0.3 is 5.97 Å². The van der Waals surface area contributed by atoms with Crippen molar-refractivity contribution in [2.75, 3.05) is 20.3 Å². The van der Waals surface area contributed by atoms with E-state index < -0.39 is 11.9 Å². The highest BCUT2D eigenvalue weighted by molar-refractivity contribution is 7.08. The van der Waals surface area contributed by atoms with Crippen molar-refractivity contribution in [3.63, 3.8) is 0 Å². The second-order valence-electron chi connectivity index (χ2n) is 5.91. The summed E-state index contributed by atoms with van der Waals surface area (Å²) in [6.07, 6.45) is 3.67. The molecule has 0 aliphatic carbocycles. The van der Waals surface area contributed by atoms with Gasteiger partial charge in [-0.15, -0.1) is 0 Å². The molecule has 0 N–H and O–H groups in total. The number of carbonyl (C=O) groups excluding carboxylic acids is 2. The zero-order valence-electron chi connectivity index (χ0n) is 16.1. The summed E-state index contributed by atoms with van der Waals surface area (Å²) in [7, 11) is 1.33. The van der Waals surface area contributed by atoms with Crippen molar-refractivity contribution in [2.24, 2.45) is 0 Å². The van der Waals surface area contributed by atoms with Crippen LogP contribution in [0, 0.1) is 0 Å². The maximum Gasteiger partial charge on any atom is 0.313 e. The van der Waals surface area contributed by atoms with Crippen molar-refractivity contribution >= 4 is 23.1 Å². The van der Waals surface area contributed by atoms with E-state index in [1.165, 1.54) is 18.4 Å². The summed E-state index contributed by atoms with van der Waals surface area (Å²) >= 11 is 1.43. The van der Waals surface area contributed by atoms with Crippen LogP contribution in [0.5, 0.6) is 11.5 Å². The Morgan fingerprint density at radius 3 is 2.46 bits per heavy atom. The Morgan fingerprint density at radius 2 is 1.89 bits per heavy atom. The molecule has 0 amide bonds. The van der Waals surface area contributed by atoms with Crippen LogP contribution in [0.4, 0.5) is 0 Å².